The van der Waals surface area contributed by atoms with E-state index in [4.69, 9.17) is 4.74 Å². The molecule has 7 nitrogen and oxygen atoms in total. The zero-order chi connectivity index (χ0) is 22.7. The molecule has 0 saturated carbocycles. The number of carbonyl (C=O) groups is 1. The smallest absolute Gasteiger partial charge is 0.379 e. The number of amides is 1. The van der Waals surface area contributed by atoms with Crippen molar-refractivity contribution in [3.8, 4) is 11.3 Å². The van der Waals surface area contributed by atoms with E-state index < -0.39 is 23.6 Å². The second-order valence-corrected chi connectivity index (χ2v) is 7.39. The molecule has 3 heterocycles. The zero-order valence-corrected chi connectivity index (χ0v) is 17.0. The van der Waals surface area contributed by atoms with Gasteiger partial charge >= 0.3 is 6.18 Å². The molecule has 0 bridgehead atoms. The van der Waals surface area contributed by atoms with Crippen molar-refractivity contribution >= 4 is 11.6 Å². The van der Waals surface area contributed by atoms with Gasteiger partial charge in [0.05, 0.1) is 18.9 Å². The van der Waals surface area contributed by atoms with Crippen LogP contribution in [0.2, 0.25) is 0 Å². The highest BCUT2D eigenvalue weighted by Gasteiger charge is 2.35. The standard InChI is InChI=1S/C21H21F4N5O2/c22-15-4-2-14(3-5-15)16-12-18(21(23,24)25)30-19(27-16)13-17(28-30)20(31)26-6-1-7-29-8-10-32-11-9-29/h2-5,12-13H,1,6-11H2,(H,26,31). The van der Waals surface area contributed by atoms with Gasteiger partial charge in [0, 0.05) is 31.3 Å². The molecule has 2 aromatic heterocycles. The van der Waals surface area contributed by atoms with Gasteiger partial charge in [0.1, 0.15) is 5.82 Å². The van der Waals surface area contributed by atoms with E-state index in [0.717, 1.165) is 37.8 Å². The number of fused-ring (bicyclic) bond motifs is 1. The molecule has 1 aliphatic rings. The maximum Gasteiger partial charge on any atom is 0.433 e. The number of nitrogens with one attached hydrogen (secondary N) is 1. The van der Waals surface area contributed by atoms with E-state index in [2.05, 4.69) is 20.3 Å². The molecule has 11 heteroatoms. The number of alkyl halides is 3. The van der Waals surface area contributed by atoms with Gasteiger partial charge in [-0.25, -0.2) is 13.9 Å². The van der Waals surface area contributed by atoms with E-state index in [1.165, 1.54) is 18.2 Å². The Balaban J connectivity index is 1.52. The average molecular weight is 451 g/mol. The van der Waals surface area contributed by atoms with E-state index in [1.54, 1.807) is 0 Å². The van der Waals surface area contributed by atoms with Gasteiger partial charge in [0.15, 0.2) is 17.0 Å². The number of nitrogens with zero attached hydrogens (tertiary/aromatic N) is 4. The van der Waals surface area contributed by atoms with Crippen LogP contribution in [-0.4, -0.2) is 64.8 Å². The molecule has 1 saturated heterocycles. The number of carbonyl (C=O) groups excluding carboxylic acids is 1. The lowest BCUT2D eigenvalue weighted by Crippen LogP contribution is -2.38. The Hall–Kier alpha value is -3.05. The number of hydrogen-bond acceptors (Lipinski definition) is 5. The van der Waals surface area contributed by atoms with E-state index in [9.17, 15) is 22.4 Å². The highest BCUT2D eigenvalue weighted by molar-refractivity contribution is 5.93. The molecule has 0 spiro atoms. The summed E-state index contributed by atoms with van der Waals surface area (Å²) < 4.78 is 60.0. The predicted molar refractivity (Wildman–Crippen MR) is 108 cm³/mol. The highest BCUT2D eigenvalue weighted by atomic mass is 19.4. The maximum absolute atomic E-state index is 13.7. The molecule has 1 amide bonds. The molecule has 1 fully saturated rings. The van der Waals surface area contributed by atoms with Crippen molar-refractivity contribution in [3.05, 3.63) is 53.6 Å². The van der Waals surface area contributed by atoms with Gasteiger partial charge in [-0.2, -0.15) is 18.3 Å². The summed E-state index contributed by atoms with van der Waals surface area (Å²) in [6.45, 7) is 4.19. The Bertz CT molecular complexity index is 1090. The molecule has 0 unspecified atom stereocenters. The minimum absolute atomic E-state index is 0.00203. The fourth-order valence-electron chi connectivity index (χ4n) is 3.48. The quantitative estimate of drug-likeness (QED) is 0.461. The fourth-order valence-corrected chi connectivity index (χ4v) is 3.48. The van der Waals surface area contributed by atoms with Crippen LogP contribution in [0, 0.1) is 5.82 Å². The van der Waals surface area contributed by atoms with Crippen LogP contribution < -0.4 is 5.32 Å². The summed E-state index contributed by atoms with van der Waals surface area (Å²) in [7, 11) is 0. The molecule has 0 atom stereocenters. The number of benzene rings is 1. The number of ether oxygens (including phenoxy) is 1. The minimum Gasteiger partial charge on any atom is -0.379 e. The third kappa shape index (κ3) is 5.05. The van der Waals surface area contributed by atoms with Gasteiger partial charge in [0.2, 0.25) is 0 Å². The summed E-state index contributed by atoms with van der Waals surface area (Å²) in [4.78, 5) is 18.9. The Morgan fingerprint density at radius 1 is 1.12 bits per heavy atom. The number of hydrogen-bond donors (Lipinski definition) is 1. The van der Waals surface area contributed by atoms with Gasteiger partial charge < -0.3 is 10.1 Å². The van der Waals surface area contributed by atoms with Crippen molar-refractivity contribution in [2.45, 2.75) is 12.6 Å². The molecule has 1 N–H and O–H groups in total. The molecule has 1 aliphatic heterocycles. The zero-order valence-electron chi connectivity index (χ0n) is 17.0. The molecule has 170 valence electrons. The number of rotatable bonds is 6. The van der Waals surface area contributed by atoms with Crippen molar-refractivity contribution in [1.82, 2.24) is 24.8 Å². The topological polar surface area (TPSA) is 71.8 Å². The Labute approximate surface area is 181 Å². The first-order valence-electron chi connectivity index (χ1n) is 10.1. The monoisotopic (exact) mass is 451 g/mol. The van der Waals surface area contributed by atoms with Crippen molar-refractivity contribution in [3.63, 3.8) is 0 Å². The third-order valence-electron chi connectivity index (χ3n) is 5.13. The van der Waals surface area contributed by atoms with Crippen molar-refractivity contribution in [2.75, 3.05) is 39.4 Å². The first-order valence-corrected chi connectivity index (χ1v) is 10.1. The summed E-state index contributed by atoms with van der Waals surface area (Å²) in [5, 5.41) is 6.52. The van der Waals surface area contributed by atoms with E-state index in [1.807, 2.05) is 0 Å². The summed E-state index contributed by atoms with van der Waals surface area (Å²) in [6.07, 6.45) is -4.03. The van der Waals surface area contributed by atoms with Crippen LogP contribution in [0.1, 0.15) is 22.6 Å². The van der Waals surface area contributed by atoms with Crippen LogP contribution in [0.3, 0.4) is 0 Å². The second-order valence-electron chi connectivity index (χ2n) is 7.39. The summed E-state index contributed by atoms with van der Waals surface area (Å²) >= 11 is 0. The largest absolute Gasteiger partial charge is 0.433 e. The first kappa shape index (κ1) is 22.2. The Morgan fingerprint density at radius 2 is 1.84 bits per heavy atom. The predicted octanol–water partition coefficient (Wildman–Crippen LogP) is 3.01. The second kappa shape index (κ2) is 9.21. The lowest BCUT2D eigenvalue weighted by atomic mass is 10.1. The molecule has 32 heavy (non-hydrogen) atoms. The van der Waals surface area contributed by atoms with Crippen molar-refractivity contribution in [2.24, 2.45) is 0 Å². The van der Waals surface area contributed by atoms with Crippen LogP contribution in [0.25, 0.3) is 16.9 Å². The molecule has 4 rings (SSSR count). The van der Waals surface area contributed by atoms with Gasteiger partial charge in [-0.15, -0.1) is 0 Å². The number of halogens is 4. The number of aromatic nitrogens is 3. The van der Waals surface area contributed by atoms with E-state index in [0.29, 0.717) is 36.3 Å². The average Bonchev–Trinajstić information content (AvgIpc) is 3.21. The maximum atomic E-state index is 13.7. The van der Waals surface area contributed by atoms with Crippen LogP contribution in [-0.2, 0) is 10.9 Å². The lowest BCUT2D eigenvalue weighted by Gasteiger charge is -2.26. The molecule has 1 aromatic carbocycles. The van der Waals surface area contributed by atoms with Gasteiger partial charge in [-0.3, -0.25) is 9.69 Å². The van der Waals surface area contributed by atoms with E-state index >= 15 is 0 Å². The highest BCUT2D eigenvalue weighted by Crippen LogP contribution is 2.32. The molecule has 3 aromatic rings. The summed E-state index contributed by atoms with van der Waals surface area (Å²) in [5.41, 5.74) is -1.05. The van der Waals surface area contributed by atoms with Gasteiger partial charge in [-0.1, -0.05) is 0 Å². The van der Waals surface area contributed by atoms with Crippen molar-refractivity contribution in [1.29, 1.82) is 0 Å². The molecule has 0 radical (unpaired) electrons. The fraction of sp³-hybridized carbons (Fsp3) is 0.381. The normalized spacial score (nSPS) is 15.2. The van der Waals surface area contributed by atoms with Crippen LogP contribution in [0.15, 0.2) is 36.4 Å². The number of morpholine rings is 1. The molecular formula is C21H21F4N5O2. The molecule has 0 aliphatic carbocycles. The Kier molecular flexibility index (Phi) is 6.38. The van der Waals surface area contributed by atoms with Crippen LogP contribution in [0.5, 0.6) is 0 Å². The third-order valence-corrected chi connectivity index (χ3v) is 5.13. The minimum atomic E-state index is -4.73. The van der Waals surface area contributed by atoms with Crippen LogP contribution in [0.4, 0.5) is 17.6 Å². The molecular weight excluding hydrogens is 430 g/mol. The summed E-state index contributed by atoms with van der Waals surface area (Å²) in [6, 6.07) is 7.00. The Morgan fingerprint density at radius 3 is 2.53 bits per heavy atom. The van der Waals surface area contributed by atoms with E-state index in [-0.39, 0.29) is 17.0 Å². The lowest BCUT2D eigenvalue weighted by molar-refractivity contribution is -0.142. The van der Waals surface area contributed by atoms with Gasteiger partial charge in [0.25, 0.3) is 5.91 Å². The summed E-state index contributed by atoms with van der Waals surface area (Å²) in [5.74, 6) is -1.09. The van der Waals surface area contributed by atoms with Gasteiger partial charge in [-0.05, 0) is 43.3 Å². The van der Waals surface area contributed by atoms with Crippen LogP contribution >= 0.6 is 0 Å². The SMILES string of the molecule is O=C(NCCCN1CCOCC1)c1cc2nc(-c3ccc(F)cc3)cc(C(F)(F)F)n2n1. The first-order chi connectivity index (χ1) is 15.3. The van der Waals surface area contributed by atoms with Crippen molar-refractivity contribution < 1.29 is 27.1 Å².